The number of nitrogens with one attached hydrogen (secondary N) is 2. The molecule has 0 atom stereocenters. The molecule has 0 saturated carbocycles. The molecule has 0 aliphatic rings. The summed E-state index contributed by atoms with van der Waals surface area (Å²) in [5.41, 5.74) is 2.62. The number of hydrogen-bond donors (Lipinski definition) is 2. The molecule has 146 valence electrons. The Labute approximate surface area is 161 Å². The Balaban J connectivity index is 1.75. The van der Waals surface area contributed by atoms with E-state index in [1.807, 2.05) is 37.3 Å². The minimum absolute atomic E-state index is 0.114. The van der Waals surface area contributed by atoms with Gasteiger partial charge in [0.15, 0.2) is 0 Å². The average Bonchev–Trinajstić information content (AvgIpc) is 2.66. The van der Waals surface area contributed by atoms with E-state index in [2.05, 4.69) is 10.0 Å². The minimum Gasteiger partial charge on any atom is -0.497 e. The molecule has 0 heterocycles. The van der Waals surface area contributed by atoms with Crippen molar-refractivity contribution in [3.8, 4) is 5.75 Å². The molecule has 0 aliphatic heterocycles. The van der Waals surface area contributed by atoms with E-state index in [-0.39, 0.29) is 23.9 Å². The van der Waals surface area contributed by atoms with Crippen LogP contribution in [0.3, 0.4) is 0 Å². The highest BCUT2D eigenvalue weighted by Gasteiger charge is 2.16. The SMILES string of the molecule is COc1ccc(CCC(=O)NCCNS(=O)(=O)c2cc(C)ccc2C)cc1. The van der Waals surface area contributed by atoms with E-state index in [9.17, 15) is 13.2 Å². The zero-order valence-corrected chi connectivity index (χ0v) is 16.7. The van der Waals surface area contributed by atoms with Gasteiger partial charge in [-0.25, -0.2) is 13.1 Å². The molecule has 7 heteroatoms. The van der Waals surface area contributed by atoms with Crippen LogP contribution < -0.4 is 14.8 Å². The van der Waals surface area contributed by atoms with Crippen molar-refractivity contribution in [2.24, 2.45) is 0 Å². The predicted molar refractivity (Wildman–Crippen MR) is 105 cm³/mol. The third-order valence-corrected chi connectivity index (χ3v) is 5.78. The molecule has 0 aliphatic carbocycles. The second kappa shape index (κ2) is 9.53. The molecule has 0 spiro atoms. The number of hydrogen-bond acceptors (Lipinski definition) is 4. The maximum atomic E-state index is 12.4. The molecule has 2 rings (SSSR count). The average molecular weight is 391 g/mol. The lowest BCUT2D eigenvalue weighted by molar-refractivity contribution is -0.121. The highest BCUT2D eigenvalue weighted by atomic mass is 32.2. The molecule has 0 bridgehead atoms. The Bertz CT molecular complexity index is 877. The van der Waals surface area contributed by atoms with Gasteiger partial charge in [-0.15, -0.1) is 0 Å². The quantitative estimate of drug-likeness (QED) is 0.644. The van der Waals surface area contributed by atoms with E-state index < -0.39 is 10.0 Å². The van der Waals surface area contributed by atoms with Crippen LogP contribution in [-0.2, 0) is 21.2 Å². The molecule has 0 fully saturated rings. The first-order valence-corrected chi connectivity index (χ1v) is 10.3. The number of carbonyl (C=O) groups excluding carboxylic acids is 1. The summed E-state index contributed by atoms with van der Waals surface area (Å²) < 4.78 is 32.4. The van der Waals surface area contributed by atoms with Crippen molar-refractivity contribution in [1.29, 1.82) is 0 Å². The van der Waals surface area contributed by atoms with Crippen LogP contribution in [0, 0.1) is 13.8 Å². The van der Waals surface area contributed by atoms with Crippen molar-refractivity contribution in [3.05, 3.63) is 59.2 Å². The minimum atomic E-state index is -3.59. The lowest BCUT2D eigenvalue weighted by Gasteiger charge is -2.11. The third kappa shape index (κ3) is 6.37. The van der Waals surface area contributed by atoms with Crippen molar-refractivity contribution >= 4 is 15.9 Å². The number of benzene rings is 2. The number of sulfonamides is 1. The monoisotopic (exact) mass is 390 g/mol. The van der Waals surface area contributed by atoms with E-state index in [4.69, 9.17) is 4.74 Å². The largest absolute Gasteiger partial charge is 0.497 e. The summed E-state index contributed by atoms with van der Waals surface area (Å²) in [6.07, 6.45) is 0.958. The molecular formula is C20H26N2O4S. The van der Waals surface area contributed by atoms with Crippen LogP contribution in [0.4, 0.5) is 0 Å². The molecule has 27 heavy (non-hydrogen) atoms. The number of carbonyl (C=O) groups is 1. The highest BCUT2D eigenvalue weighted by molar-refractivity contribution is 7.89. The summed E-state index contributed by atoms with van der Waals surface area (Å²) in [4.78, 5) is 12.2. The van der Waals surface area contributed by atoms with Crippen LogP contribution in [0.15, 0.2) is 47.4 Å². The second-order valence-corrected chi connectivity index (χ2v) is 8.10. The summed E-state index contributed by atoms with van der Waals surface area (Å²) in [5, 5.41) is 2.73. The molecule has 2 N–H and O–H groups in total. The van der Waals surface area contributed by atoms with Gasteiger partial charge in [-0.2, -0.15) is 0 Å². The zero-order chi connectivity index (χ0) is 19.9. The molecule has 1 amide bonds. The van der Waals surface area contributed by atoms with Gasteiger partial charge in [-0.1, -0.05) is 24.3 Å². The maximum Gasteiger partial charge on any atom is 0.240 e. The van der Waals surface area contributed by atoms with E-state index in [0.717, 1.165) is 16.9 Å². The van der Waals surface area contributed by atoms with Crippen LogP contribution in [-0.4, -0.2) is 34.5 Å². The number of amides is 1. The number of rotatable bonds is 9. The maximum absolute atomic E-state index is 12.4. The van der Waals surface area contributed by atoms with Crippen LogP contribution >= 0.6 is 0 Å². The predicted octanol–water partition coefficient (Wildman–Crippen LogP) is 2.34. The normalized spacial score (nSPS) is 11.2. The van der Waals surface area contributed by atoms with Gasteiger partial charge in [-0.3, -0.25) is 4.79 Å². The fourth-order valence-electron chi connectivity index (χ4n) is 2.60. The topological polar surface area (TPSA) is 84.5 Å². The summed E-state index contributed by atoms with van der Waals surface area (Å²) in [5.74, 6) is 0.663. The van der Waals surface area contributed by atoms with Crippen molar-refractivity contribution in [2.45, 2.75) is 31.6 Å². The van der Waals surface area contributed by atoms with Gasteiger partial charge in [0, 0.05) is 19.5 Å². The molecule has 0 unspecified atom stereocenters. The van der Waals surface area contributed by atoms with Crippen LogP contribution in [0.1, 0.15) is 23.1 Å². The Hall–Kier alpha value is -2.38. The van der Waals surface area contributed by atoms with E-state index in [1.54, 1.807) is 26.2 Å². The summed E-state index contributed by atoms with van der Waals surface area (Å²) in [7, 11) is -1.98. The van der Waals surface area contributed by atoms with Crippen molar-refractivity contribution < 1.29 is 17.9 Å². The molecule has 2 aromatic rings. The number of methoxy groups -OCH3 is 1. The Morgan fingerprint density at radius 1 is 1.04 bits per heavy atom. The van der Waals surface area contributed by atoms with Crippen molar-refractivity contribution in [3.63, 3.8) is 0 Å². The van der Waals surface area contributed by atoms with E-state index >= 15 is 0 Å². The van der Waals surface area contributed by atoms with Gasteiger partial charge in [0.05, 0.1) is 12.0 Å². The first-order chi connectivity index (χ1) is 12.8. The molecule has 0 saturated heterocycles. The lowest BCUT2D eigenvalue weighted by atomic mass is 10.1. The van der Waals surface area contributed by atoms with Crippen LogP contribution in [0.2, 0.25) is 0 Å². The van der Waals surface area contributed by atoms with Gasteiger partial charge >= 0.3 is 0 Å². The van der Waals surface area contributed by atoms with E-state index in [1.165, 1.54) is 0 Å². The first kappa shape index (κ1) is 20.9. The lowest BCUT2D eigenvalue weighted by Crippen LogP contribution is -2.35. The Kier molecular flexibility index (Phi) is 7.38. The van der Waals surface area contributed by atoms with Gasteiger partial charge in [0.25, 0.3) is 0 Å². The van der Waals surface area contributed by atoms with Gasteiger partial charge < -0.3 is 10.1 Å². The smallest absolute Gasteiger partial charge is 0.240 e. The van der Waals surface area contributed by atoms with E-state index in [0.29, 0.717) is 18.4 Å². The van der Waals surface area contributed by atoms with Crippen molar-refractivity contribution in [2.75, 3.05) is 20.2 Å². The molecular weight excluding hydrogens is 364 g/mol. The van der Waals surface area contributed by atoms with Crippen LogP contribution in [0.5, 0.6) is 5.75 Å². The van der Waals surface area contributed by atoms with Crippen LogP contribution in [0.25, 0.3) is 0 Å². The molecule has 0 aromatic heterocycles. The fourth-order valence-corrected chi connectivity index (χ4v) is 3.96. The Morgan fingerprint density at radius 3 is 2.41 bits per heavy atom. The molecule has 2 aromatic carbocycles. The summed E-state index contributed by atoms with van der Waals surface area (Å²) >= 11 is 0. The second-order valence-electron chi connectivity index (χ2n) is 6.36. The molecule has 0 radical (unpaired) electrons. The van der Waals surface area contributed by atoms with Crippen molar-refractivity contribution in [1.82, 2.24) is 10.0 Å². The molecule has 6 nitrogen and oxygen atoms in total. The summed E-state index contributed by atoms with van der Waals surface area (Å²) in [6, 6.07) is 12.9. The fraction of sp³-hybridized carbons (Fsp3) is 0.350. The number of aryl methyl sites for hydroxylation is 3. The first-order valence-electron chi connectivity index (χ1n) is 8.78. The third-order valence-electron chi connectivity index (χ3n) is 4.17. The zero-order valence-electron chi connectivity index (χ0n) is 15.9. The Morgan fingerprint density at radius 2 is 1.74 bits per heavy atom. The van der Waals surface area contributed by atoms with Gasteiger partial charge in [-0.05, 0) is 55.2 Å². The highest BCUT2D eigenvalue weighted by Crippen LogP contribution is 2.16. The standard InChI is InChI=1S/C20H26N2O4S/c1-15-4-5-16(2)19(14-15)27(24,25)22-13-12-21-20(23)11-8-17-6-9-18(26-3)10-7-17/h4-7,9-10,14,22H,8,11-13H2,1-3H3,(H,21,23). The van der Waals surface area contributed by atoms with Gasteiger partial charge in [0.1, 0.15) is 5.75 Å². The van der Waals surface area contributed by atoms with Gasteiger partial charge in [0.2, 0.25) is 15.9 Å². The summed E-state index contributed by atoms with van der Waals surface area (Å²) in [6.45, 7) is 3.99. The number of ether oxygens (including phenoxy) is 1.